The number of benzene rings is 2. The van der Waals surface area contributed by atoms with E-state index >= 15 is 0 Å². The smallest absolute Gasteiger partial charge is 0.272 e. The summed E-state index contributed by atoms with van der Waals surface area (Å²) < 4.78 is 7.06. The Morgan fingerprint density at radius 2 is 1.70 bits per heavy atom. The molecule has 1 amide bonds. The minimum atomic E-state index is -0.120. The van der Waals surface area contributed by atoms with Gasteiger partial charge in [0, 0.05) is 12.6 Å². The molecule has 2 heterocycles. The predicted octanol–water partition coefficient (Wildman–Crippen LogP) is 4.40. The summed E-state index contributed by atoms with van der Waals surface area (Å²) in [5.41, 5.74) is 3.08. The molecule has 4 rings (SSSR count). The summed E-state index contributed by atoms with van der Waals surface area (Å²) in [6.45, 7) is 0.395. The van der Waals surface area contributed by atoms with Crippen LogP contribution in [-0.4, -0.2) is 27.6 Å². The quantitative estimate of drug-likeness (QED) is 0.532. The fraction of sp³-hybridized carbons (Fsp3) is 0.0909. The Morgan fingerprint density at radius 1 is 1.00 bits per heavy atom. The molecule has 0 N–H and O–H groups in total. The number of carbonyl (C=O) groups excluding carboxylic acids is 1. The van der Waals surface area contributed by atoms with Crippen molar-refractivity contribution in [3.05, 3.63) is 96.6 Å². The lowest BCUT2D eigenvalue weighted by molar-refractivity contribution is 0.0766. The monoisotopic (exact) mass is 357 g/mol. The molecule has 134 valence electrons. The molecule has 0 saturated carbocycles. The van der Waals surface area contributed by atoms with Crippen molar-refractivity contribution in [2.45, 2.75) is 6.54 Å². The summed E-state index contributed by atoms with van der Waals surface area (Å²) in [6, 6.07) is 25.0. The Bertz CT molecular complexity index is 1020. The Balaban J connectivity index is 1.73. The molecule has 0 aliphatic heterocycles. The molecule has 0 bridgehead atoms. The van der Waals surface area contributed by atoms with E-state index in [9.17, 15) is 4.79 Å². The zero-order valence-electron chi connectivity index (χ0n) is 14.9. The second kappa shape index (κ2) is 7.33. The number of rotatable bonds is 5. The minimum absolute atomic E-state index is 0.120. The zero-order chi connectivity index (χ0) is 18.6. The van der Waals surface area contributed by atoms with Gasteiger partial charge in [-0.1, -0.05) is 48.5 Å². The van der Waals surface area contributed by atoms with Gasteiger partial charge in [-0.25, -0.2) is 4.68 Å². The summed E-state index contributed by atoms with van der Waals surface area (Å²) >= 11 is 0. The van der Waals surface area contributed by atoms with Crippen LogP contribution in [0.5, 0.6) is 0 Å². The Kier molecular flexibility index (Phi) is 4.58. The van der Waals surface area contributed by atoms with Crippen molar-refractivity contribution >= 4 is 5.91 Å². The third-order valence-electron chi connectivity index (χ3n) is 4.32. The molecule has 0 saturated heterocycles. The van der Waals surface area contributed by atoms with Crippen molar-refractivity contribution in [1.82, 2.24) is 14.7 Å². The first-order chi connectivity index (χ1) is 13.2. The van der Waals surface area contributed by atoms with Crippen LogP contribution in [0.15, 0.2) is 89.5 Å². The highest BCUT2D eigenvalue weighted by Crippen LogP contribution is 2.23. The van der Waals surface area contributed by atoms with Crippen molar-refractivity contribution in [3.8, 4) is 16.9 Å². The molecule has 5 nitrogen and oxygen atoms in total. The number of nitrogens with zero attached hydrogens (tertiary/aromatic N) is 3. The van der Waals surface area contributed by atoms with Crippen LogP contribution in [0.3, 0.4) is 0 Å². The van der Waals surface area contributed by atoms with Gasteiger partial charge in [-0.15, -0.1) is 0 Å². The highest BCUT2D eigenvalue weighted by atomic mass is 16.3. The fourth-order valence-electron chi connectivity index (χ4n) is 2.95. The summed E-state index contributed by atoms with van der Waals surface area (Å²) in [4.78, 5) is 14.8. The predicted molar refractivity (Wildman–Crippen MR) is 104 cm³/mol. The average molecular weight is 357 g/mol. The van der Waals surface area contributed by atoms with Crippen molar-refractivity contribution in [2.75, 3.05) is 7.05 Å². The first-order valence-corrected chi connectivity index (χ1v) is 8.71. The van der Waals surface area contributed by atoms with E-state index in [0.717, 1.165) is 22.7 Å². The lowest BCUT2D eigenvalue weighted by Gasteiger charge is -2.16. The maximum Gasteiger partial charge on any atom is 0.272 e. The number of carbonyl (C=O) groups is 1. The van der Waals surface area contributed by atoms with Crippen LogP contribution < -0.4 is 0 Å². The van der Waals surface area contributed by atoms with Gasteiger partial charge in [0.15, 0.2) is 0 Å². The number of hydrogen-bond donors (Lipinski definition) is 0. The summed E-state index contributed by atoms with van der Waals surface area (Å²) in [5.74, 6) is 0.616. The number of amides is 1. The van der Waals surface area contributed by atoms with Crippen LogP contribution >= 0.6 is 0 Å². The van der Waals surface area contributed by atoms with Crippen molar-refractivity contribution in [1.29, 1.82) is 0 Å². The molecule has 0 fully saturated rings. The lowest BCUT2D eigenvalue weighted by Crippen LogP contribution is -2.28. The standard InChI is InChI=1S/C22H19N3O2/c1-24(16-19-13-8-14-27-19)22(26)21-15-20(17-9-4-2-5-10-17)23-25(21)18-11-6-3-7-12-18/h2-15H,16H2,1H3. The summed E-state index contributed by atoms with van der Waals surface area (Å²) in [5, 5.41) is 4.70. The fourth-order valence-corrected chi connectivity index (χ4v) is 2.95. The molecule has 2 aromatic carbocycles. The highest BCUT2D eigenvalue weighted by molar-refractivity contribution is 5.94. The van der Waals surface area contributed by atoms with E-state index in [1.165, 1.54) is 0 Å². The van der Waals surface area contributed by atoms with Crippen LogP contribution in [0.1, 0.15) is 16.2 Å². The van der Waals surface area contributed by atoms with Gasteiger partial charge in [0.05, 0.1) is 24.2 Å². The third-order valence-corrected chi connectivity index (χ3v) is 4.32. The van der Waals surface area contributed by atoms with Gasteiger partial charge in [-0.05, 0) is 30.3 Å². The van der Waals surface area contributed by atoms with Crippen LogP contribution in [0, 0.1) is 0 Å². The third kappa shape index (κ3) is 3.53. The zero-order valence-corrected chi connectivity index (χ0v) is 14.9. The Morgan fingerprint density at radius 3 is 2.37 bits per heavy atom. The average Bonchev–Trinajstić information content (AvgIpc) is 3.39. The second-order valence-corrected chi connectivity index (χ2v) is 6.27. The molecule has 0 radical (unpaired) electrons. The van der Waals surface area contributed by atoms with Crippen LogP contribution in [0.25, 0.3) is 16.9 Å². The van der Waals surface area contributed by atoms with Gasteiger partial charge in [0.25, 0.3) is 5.91 Å². The van der Waals surface area contributed by atoms with Gasteiger partial charge >= 0.3 is 0 Å². The molecule has 0 aliphatic rings. The van der Waals surface area contributed by atoms with Gasteiger partial charge in [-0.3, -0.25) is 4.79 Å². The van der Waals surface area contributed by atoms with Crippen molar-refractivity contribution in [3.63, 3.8) is 0 Å². The number of hydrogen-bond acceptors (Lipinski definition) is 3. The second-order valence-electron chi connectivity index (χ2n) is 6.27. The molecule has 2 aromatic heterocycles. The molecule has 0 aliphatic carbocycles. The van der Waals surface area contributed by atoms with Gasteiger partial charge in [0.1, 0.15) is 11.5 Å². The first-order valence-electron chi connectivity index (χ1n) is 8.71. The number of aromatic nitrogens is 2. The molecular formula is C22H19N3O2. The van der Waals surface area contributed by atoms with E-state index in [4.69, 9.17) is 9.52 Å². The minimum Gasteiger partial charge on any atom is -0.467 e. The molecule has 4 aromatic rings. The lowest BCUT2D eigenvalue weighted by atomic mass is 10.1. The van der Waals surface area contributed by atoms with Crippen LogP contribution in [0.2, 0.25) is 0 Å². The van der Waals surface area contributed by atoms with E-state index in [-0.39, 0.29) is 5.91 Å². The molecule has 0 unspecified atom stereocenters. The Hall–Kier alpha value is -3.60. The normalized spacial score (nSPS) is 10.7. The van der Waals surface area contributed by atoms with Crippen molar-refractivity contribution in [2.24, 2.45) is 0 Å². The Labute approximate surface area is 157 Å². The molecule has 5 heteroatoms. The highest BCUT2D eigenvalue weighted by Gasteiger charge is 2.21. The van der Waals surface area contributed by atoms with E-state index in [1.807, 2.05) is 78.9 Å². The molecular weight excluding hydrogens is 338 g/mol. The summed E-state index contributed by atoms with van der Waals surface area (Å²) in [7, 11) is 1.76. The van der Waals surface area contributed by atoms with E-state index < -0.39 is 0 Å². The first kappa shape index (κ1) is 16.8. The summed E-state index contributed by atoms with van der Waals surface area (Å²) in [6.07, 6.45) is 1.61. The number of furan rings is 1. The van der Waals surface area contributed by atoms with E-state index in [2.05, 4.69) is 0 Å². The molecule has 27 heavy (non-hydrogen) atoms. The maximum absolute atomic E-state index is 13.1. The topological polar surface area (TPSA) is 51.3 Å². The van der Waals surface area contributed by atoms with Crippen LogP contribution in [-0.2, 0) is 6.54 Å². The van der Waals surface area contributed by atoms with E-state index in [0.29, 0.717) is 12.2 Å². The van der Waals surface area contributed by atoms with Gasteiger partial charge in [0.2, 0.25) is 0 Å². The molecule has 0 spiro atoms. The number of para-hydroxylation sites is 1. The largest absolute Gasteiger partial charge is 0.467 e. The molecule has 0 atom stereocenters. The van der Waals surface area contributed by atoms with E-state index in [1.54, 1.807) is 22.9 Å². The SMILES string of the molecule is CN(Cc1ccco1)C(=O)c1cc(-c2ccccc2)nn1-c1ccccc1. The van der Waals surface area contributed by atoms with Gasteiger partial charge < -0.3 is 9.32 Å². The maximum atomic E-state index is 13.1. The van der Waals surface area contributed by atoms with Gasteiger partial charge in [-0.2, -0.15) is 5.10 Å². The van der Waals surface area contributed by atoms with Crippen LogP contribution in [0.4, 0.5) is 0 Å². The van der Waals surface area contributed by atoms with Crippen molar-refractivity contribution < 1.29 is 9.21 Å².